The van der Waals surface area contributed by atoms with Gasteiger partial charge in [-0.05, 0) is 44.2 Å². The van der Waals surface area contributed by atoms with E-state index in [-0.39, 0.29) is 11.1 Å². The Bertz CT molecular complexity index is 993. The molecule has 0 spiro atoms. The number of aromatic nitrogens is 1. The summed E-state index contributed by atoms with van der Waals surface area (Å²) in [5.41, 5.74) is 0.916. The van der Waals surface area contributed by atoms with Crippen LogP contribution in [0.4, 0.5) is 0 Å². The van der Waals surface area contributed by atoms with E-state index >= 15 is 0 Å². The second-order valence-corrected chi connectivity index (χ2v) is 6.18. The first-order valence-electron chi connectivity index (χ1n) is 7.62. The molecule has 0 saturated heterocycles. The molecule has 0 radical (unpaired) electrons. The molecule has 2 heterocycles. The number of nitrogens with zero attached hydrogens (tertiary/aromatic N) is 2. The van der Waals surface area contributed by atoms with Gasteiger partial charge in [-0.1, -0.05) is 0 Å². The lowest BCUT2D eigenvalue weighted by Gasteiger charge is -2.31. The smallest absolute Gasteiger partial charge is 0.339 e. The summed E-state index contributed by atoms with van der Waals surface area (Å²) in [6, 6.07) is 9.83. The number of pyridine rings is 1. The van der Waals surface area contributed by atoms with Gasteiger partial charge in [-0.3, -0.25) is 9.36 Å². The molecule has 6 heteroatoms. The molecule has 2 aromatic rings. The van der Waals surface area contributed by atoms with E-state index in [4.69, 9.17) is 14.7 Å². The number of ether oxygens (including phenoxy) is 2. The van der Waals surface area contributed by atoms with Gasteiger partial charge in [-0.15, -0.1) is 0 Å². The molecule has 0 fully saturated rings. The van der Waals surface area contributed by atoms with Gasteiger partial charge in [0.1, 0.15) is 11.4 Å². The van der Waals surface area contributed by atoms with Crippen LogP contribution in [0.3, 0.4) is 0 Å². The summed E-state index contributed by atoms with van der Waals surface area (Å²) in [5, 5.41) is 9.16. The first-order valence-corrected chi connectivity index (χ1v) is 7.62. The monoisotopic (exact) mass is 336 g/mol. The van der Waals surface area contributed by atoms with Gasteiger partial charge in [-0.2, -0.15) is 5.26 Å². The highest BCUT2D eigenvalue weighted by molar-refractivity contribution is 5.89. The standard InChI is InChI=1S/C19H16N2O4/c1-19(2)9-15(14-8-12(10-20)4-6-16(14)25-19)21-11-13(18(23)24-3)5-7-17(21)22/h4-9,11H,1-3H3. The maximum Gasteiger partial charge on any atom is 0.339 e. The molecule has 0 aliphatic carbocycles. The van der Waals surface area contributed by atoms with E-state index in [9.17, 15) is 9.59 Å². The average Bonchev–Trinajstić information content (AvgIpc) is 2.59. The Morgan fingerprint density at radius 2 is 2.04 bits per heavy atom. The largest absolute Gasteiger partial charge is 0.483 e. The summed E-state index contributed by atoms with van der Waals surface area (Å²) in [5.74, 6) is 0.0311. The molecular formula is C19H16N2O4. The van der Waals surface area contributed by atoms with Gasteiger partial charge in [0.05, 0.1) is 30.0 Å². The van der Waals surface area contributed by atoms with Gasteiger partial charge in [0.15, 0.2) is 0 Å². The van der Waals surface area contributed by atoms with E-state index in [1.165, 1.54) is 30.0 Å². The maximum absolute atomic E-state index is 12.4. The van der Waals surface area contributed by atoms with Crippen LogP contribution in [0.5, 0.6) is 5.75 Å². The van der Waals surface area contributed by atoms with E-state index in [2.05, 4.69) is 6.07 Å². The third-order valence-electron chi connectivity index (χ3n) is 3.83. The number of esters is 1. The van der Waals surface area contributed by atoms with Crippen molar-refractivity contribution in [3.63, 3.8) is 0 Å². The quantitative estimate of drug-likeness (QED) is 0.787. The van der Waals surface area contributed by atoms with Gasteiger partial charge in [0.2, 0.25) is 0 Å². The highest BCUT2D eigenvalue weighted by Gasteiger charge is 2.28. The predicted octanol–water partition coefficient (Wildman–Crippen LogP) is 2.57. The lowest BCUT2D eigenvalue weighted by Crippen LogP contribution is -2.32. The molecule has 25 heavy (non-hydrogen) atoms. The summed E-state index contributed by atoms with van der Waals surface area (Å²) < 4.78 is 12.0. The predicted molar refractivity (Wildman–Crippen MR) is 91.3 cm³/mol. The number of carbonyl (C=O) groups excluding carboxylic acids is 1. The molecule has 6 nitrogen and oxygen atoms in total. The van der Waals surface area contributed by atoms with Crippen LogP contribution < -0.4 is 10.3 Å². The van der Waals surface area contributed by atoms with Crippen molar-refractivity contribution in [2.45, 2.75) is 19.4 Å². The fourth-order valence-electron chi connectivity index (χ4n) is 2.72. The molecule has 0 bridgehead atoms. The van der Waals surface area contributed by atoms with Crippen LogP contribution in [0, 0.1) is 11.3 Å². The first kappa shape index (κ1) is 16.5. The van der Waals surface area contributed by atoms with Crippen molar-refractivity contribution < 1.29 is 14.3 Å². The summed E-state index contributed by atoms with van der Waals surface area (Å²) >= 11 is 0. The van der Waals surface area contributed by atoms with E-state index in [0.717, 1.165) is 0 Å². The molecule has 1 aliphatic heterocycles. The van der Waals surface area contributed by atoms with Gasteiger partial charge in [-0.25, -0.2) is 4.79 Å². The van der Waals surface area contributed by atoms with E-state index in [1.807, 2.05) is 13.8 Å². The van der Waals surface area contributed by atoms with Gasteiger partial charge in [0, 0.05) is 17.8 Å². The SMILES string of the molecule is COC(=O)c1ccc(=O)n(C2=CC(C)(C)Oc3ccc(C#N)cc32)c1. The van der Waals surface area contributed by atoms with Crippen LogP contribution in [0.15, 0.2) is 47.4 Å². The molecule has 1 aromatic carbocycles. The summed E-state index contributed by atoms with van der Waals surface area (Å²) in [6.07, 6.45) is 3.23. The third-order valence-corrected chi connectivity index (χ3v) is 3.83. The van der Waals surface area contributed by atoms with Crippen molar-refractivity contribution >= 4 is 11.7 Å². The molecule has 0 N–H and O–H groups in total. The highest BCUT2D eigenvalue weighted by atomic mass is 16.5. The third kappa shape index (κ3) is 3.04. The van der Waals surface area contributed by atoms with E-state index in [0.29, 0.717) is 22.6 Å². The van der Waals surface area contributed by atoms with Crippen molar-refractivity contribution in [1.29, 1.82) is 5.26 Å². The Morgan fingerprint density at radius 1 is 1.28 bits per heavy atom. The zero-order valence-electron chi connectivity index (χ0n) is 14.1. The van der Waals surface area contributed by atoms with Crippen molar-refractivity contribution in [1.82, 2.24) is 4.57 Å². The number of fused-ring (bicyclic) bond motifs is 1. The minimum absolute atomic E-state index is 0.255. The fraction of sp³-hybridized carbons (Fsp3) is 0.211. The molecule has 0 unspecified atom stereocenters. The van der Waals surface area contributed by atoms with Crippen LogP contribution in [-0.4, -0.2) is 23.2 Å². The zero-order valence-corrected chi connectivity index (χ0v) is 14.1. The van der Waals surface area contributed by atoms with Crippen molar-refractivity contribution in [2.24, 2.45) is 0 Å². The molecule has 0 saturated carbocycles. The molecule has 1 aromatic heterocycles. The molecule has 126 valence electrons. The summed E-state index contributed by atoms with van der Waals surface area (Å²) in [6.45, 7) is 3.73. The van der Waals surface area contributed by atoms with Crippen LogP contribution in [0.25, 0.3) is 5.70 Å². The number of carbonyl (C=O) groups is 1. The fourth-order valence-corrected chi connectivity index (χ4v) is 2.72. The first-order chi connectivity index (χ1) is 11.8. The van der Waals surface area contributed by atoms with Gasteiger partial charge < -0.3 is 9.47 Å². The Morgan fingerprint density at radius 3 is 2.72 bits per heavy atom. The van der Waals surface area contributed by atoms with E-state index < -0.39 is 11.6 Å². The van der Waals surface area contributed by atoms with Crippen LogP contribution >= 0.6 is 0 Å². The number of hydrogen-bond acceptors (Lipinski definition) is 5. The Hall–Kier alpha value is -3.33. The molecule has 0 atom stereocenters. The lowest BCUT2D eigenvalue weighted by molar-refractivity contribution is 0.0600. The number of rotatable bonds is 2. The second kappa shape index (κ2) is 5.95. The Kier molecular flexibility index (Phi) is 3.93. The number of nitriles is 1. The van der Waals surface area contributed by atoms with Crippen LogP contribution in [0.1, 0.15) is 35.3 Å². The molecular weight excluding hydrogens is 320 g/mol. The van der Waals surface area contributed by atoms with Crippen molar-refractivity contribution in [3.05, 3.63) is 69.6 Å². The second-order valence-electron chi connectivity index (χ2n) is 6.18. The van der Waals surface area contributed by atoms with Crippen molar-refractivity contribution in [3.8, 4) is 11.8 Å². The van der Waals surface area contributed by atoms with E-state index in [1.54, 1.807) is 24.3 Å². The summed E-state index contributed by atoms with van der Waals surface area (Å²) in [4.78, 5) is 24.2. The zero-order chi connectivity index (χ0) is 18.2. The number of benzene rings is 1. The molecule has 0 amide bonds. The Balaban J connectivity index is 2.26. The number of methoxy groups -OCH3 is 1. The Labute approximate surface area is 144 Å². The topological polar surface area (TPSA) is 81.3 Å². The number of hydrogen-bond donors (Lipinski definition) is 0. The minimum atomic E-state index is -0.656. The molecule has 3 rings (SSSR count). The minimum Gasteiger partial charge on any atom is -0.483 e. The molecule has 1 aliphatic rings. The highest BCUT2D eigenvalue weighted by Crippen LogP contribution is 2.36. The van der Waals surface area contributed by atoms with Gasteiger partial charge in [0.25, 0.3) is 5.56 Å². The van der Waals surface area contributed by atoms with Crippen LogP contribution in [0.2, 0.25) is 0 Å². The lowest BCUT2D eigenvalue weighted by atomic mass is 9.97. The van der Waals surface area contributed by atoms with Crippen molar-refractivity contribution in [2.75, 3.05) is 7.11 Å². The normalized spacial score (nSPS) is 14.6. The van der Waals surface area contributed by atoms with Crippen LogP contribution in [-0.2, 0) is 4.74 Å². The maximum atomic E-state index is 12.4. The summed E-state index contributed by atoms with van der Waals surface area (Å²) in [7, 11) is 1.28. The average molecular weight is 336 g/mol. The van der Waals surface area contributed by atoms with Gasteiger partial charge >= 0.3 is 5.97 Å².